The van der Waals surface area contributed by atoms with Gasteiger partial charge in [-0.25, -0.2) is 4.63 Å². The van der Waals surface area contributed by atoms with E-state index in [0.717, 1.165) is 6.08 Å². The SMILES string of the molecule is C=CC(=O)C(C(=O)OC)c1cccc2nonc12. The van der Waals surface area contributed by atoms with Crippen molar-refractivity contribution < 1.29 is 19.0 Å². The lowest BCUT2D eigenvalue weighted by Crippen LogP contribution is -2.22. The number of hydrogen-bond donors (Lipinski definition) is 0. The minimum atomic E-state index is -1.09. The van der Waals surface area contributed by atoms with E-state index >= 15 is 0 Å². The van der Waals surface area contributed by atoms with Gasteiger partial charge in [0.25, 0.3) is 0 Å². The molecule has 1 aromatic carbocycles. The summed E-state index contributed by atoms with van der Waals surface area (Å²) in [5, 5.41) is 7.35. The van der Waals surface area contributed by atoms with E-state index in [1.165, 1.54) is 7.11 Å². The van der Waals surface area contributed by atoms with Crippen molar-refractivity contribution in [3.05, 3.63) is 36.4 Å². The second-order valence-corrected chi connectivity index (χ2v) is 3.54. The van der Waals surface area contributed by atoms with E-state index in [0.29, 0.717) is 16.6 Å². The average molecular weight is 246 g/mol. The molecule has 0 aliphatic rings. The molecule has 6 heteroatoms. The molecule has 0 spiro atoms. The van der Waals surface area contributed by atoms with E-state index in [9.17, 15) is 9.59 Å². The van der Waals surface area contributed by atoms with Crippen molar-refractivity contribution in [1.82, 2.24) is 10.3 Å². The third kappa shape index (κ3) is 1.88. The fourth-order valence-electron chi connectivity index (χ4n) is 1.69. The maximum atomic E-state index is 11.8. The zero-order valence-electron chi connectivity index (χ0n) is 9.62. The van der Waals surface area contributed by atoms with Gasteiger partial charge >= 0.3 is 5.97 Å². The van der Waals surface area contributed by atoms with Crippen molar-refractivity contribution >= 4 is 22.8 Å². The number of benzene rings is 1. The molecule has 1 atom stereocenters. The van der Waals surface area contributed by atoms with Crippen molar-refractivity contribution in [2.75, 3.05) is 7.11 Å². The molecule has 6 nitrogen and oxygen atoms in total. The molecule has 0 aliphatic heterocycles. The molecule has 0 aliphatic carbocycles. The predicted octanol–water partition coefficient (Wildman–Crippen LogP) is 1.23. The molecule has 0 fully saturated rings. The molecule has 0 saturated heterocycles. The molecule has 0 saturated carbocycles. The molecule has 0 amide bonds. The fraction of sp³-hybridized carbons (Fsp3) is 0.167. The van der Waals surface area contributed by atoms with Crippen LogP contribution in [0.5, 0.6) is 0 Å². The van der Waals surface area contributed by atoms with E-state index in [1.54, 1.807) is 18.2 Å². The van der Waals surface area contributed by atoms with Gasteiger partial charge < -0.3 is 4.74 Å². The highest BCUT2D eigenvalue weighted by molar-refractivity contribution is 6.11. The first-order valence-electron chi connectivity index (χ1n) is 5.14. The van der Waals surface area contributed by atoms with Crippen LogP contribution in [0, 0.1) is 0 Å². The van der Waals surface area contributed by atoms with Crippen molar-refractivity contribution in [2.24, 2.45) is 0 Å². The Morgan fingerprint density at radius 3 is 2.89 bits per heavy atom. The van der Waals surface area contributed by atoms with Crippen molar-refractivity contribution in [1.29, 1.82) is 0 Å². The van der Waals surface area contributed by atoms with E-state index in [1.807, 2.05) is 0 Å². The van der Waals surface area contributed by atoms with E-state index in [4.69, 9.17) is 0 Å². The van der Waals surface area contributed by atoms with Crippen LogP contribution in [-0.2, 0) is 14.3 Å². The fourth-order valence-corrected chi connectivity index (χ4v) is 1.69. The van der Waals surface area contributed by atoms with Gasteiger partial charge in [-0.2, -0.15) is 0 Å². The normalized spacial score (nSPS) is 12.1. The van der Waals surface area contributed by atoms with Crippen molar-refractivity contribution in [3.8, 4) is 0 Å². The number of allylic oxidation sites excluding steroid dienone is 1. The zero-order valence-corrected chi connectivity index (χ0v) is 9.62. The second kappa shape index (κ2) is 4.79. The number of carbonyl (C=O) groups excluding carboxylic acids is 2. The van der Waals surface area contributed by atoms with Gasteiger partial charge in [0.05, 0.1) is 7.11 Å². The Balaban J connectivity index is 2.60. The molecule has 2 rings (SSSR count). The number of aromatic nitrogens is 2. The van der Waals surface area contributed by atoms with Crippen LogP contribution in [0.15, 0.2) is 35.5 Å². The summed E-state index contributed by atoms with van der Waals surface area (Å²) < 4.78 is 9.22. The summed E-state index contributed by atoms with van der Waals surface area (Å²) in [7, 11) is 1.22. The van der Waals surface area contributed by atoms with Crippen molar-refractivity contribution in [2.45, 2.75) is 5.92 Å². The van der Waals surface area contributed by atoms with Crippen LogP contribution in [0.2, 0.25) is 0 Å². The Morgan fingerprint density at radius 1 is 1.44 bits per heavy atom. The Labute approximate surface area is 102 Å². The van der Waals surface area contributed by atoms with E-state index in [-0.39, 0.29) is 0 Å². The number of fused-ring (bicyclic) bond motifs is 1. The molecule has 1 unspecified atom stereocenters. The van der Waals surface area contributed by atoms with Crippen LogP contribution in [0.1, 0.15) is 11.5 Å². The van der Waals surface area contributed by atoms with Gasteiger partial charge in [0.1, 0.15) is 17.0 Å². The first-order valence-corrected chi connectivity index (χ1v) is 5.14. The molecule has 2 aromatic rings. The van der Waals surface area contributed by atoms with E-state index < -0.39 is 17.7 Å². The molecule has 1 aromatic heterocycles. The molecular formula is C12H10N2O4. The monoisotopic (exact) mass is 246 g/mol. The highest BCUT2D eigenvalue weighted by atomic mass is 16.6. The molecule has 1 heterocycles. The topological polar surface area (TPSA) is 82.3 Å². The summed E-state index contributed by atoms with van der Waals surface area (Å²) >= 11 is 0. The summed E-state index contributed by atoms with van der Waals surface area (Å²) in [6.07, 6.45) is 1.08. The molecular weight excluding hydrogens is 236 g/mol. The highest BCUT2D eigenvalue weighted by Gasteiger charge is 2.30. The number of ether oxygens (including phenoxy) is 1. The third-order valence-electron chi connectivity index (χ3n) is 2.55. The minimum Gasteiger partial charge on any atom is -0.468 e. The lowest BCUT2D eigenvalue weighted by molar-refractivity contribution is -0.144. The average Bonchev–Trinajstić information content (AvgIpc) is 2.87. The number of ketones is 1. The maximum Gasteiger partial charge on any atom is 0.321 e. The smallest absolute Gasteiger partial charge is 0.321 e. The largest absolute Gasteiger partial charge is 0.468 e. The summed E-state index contributed by atoms with van der Waals surface area (Å²) in [6, 6.07) is 4.94. The van der Waals surface area contributed by atoms with Crippen LogP contribution in [0.4, 0.5) is 0 Å². The second-order valence-electron chi connectivity index (χ2n) is 3.54. The first-order chi connectivity index (χ1) is 8.69. The lowest BCUT2D eigenvalue weighted by Gasteiger charge is -2.11. The van der Waals surface area contributed by atoms with Crippen LogP contribution < -0.4 is 0 Å². The summed E-state index contributed by atoms with van der Waals surface area (Å²) in [6.45, 7) is 3.37. The number of carbonyl (C=O) groups is 2. The van der Waals surface area contributed by atoms with Gasteiger partial charge in [0, 0.05) is 5.56 Å². The quantitative estimate of drug-likeness (QED) is 0.458. The Kier molecular flexibility index (Phi) is 3.18. The van der Waals surface area contributed by atoms with Gasteiger partial charge in [0.2, 0.25) is 0 Å². The van der Waals surface area contributed by atoms with Crippen LogP contribution in [0.25, 0.3) is 11.0 Å². The van der Waals surface area contributed by atoms with E-state index in [2.05, 4.69) is 26.3 Å². The van der Waals surface area contributed by atoms with Crippen LogP contribution >= 0.6 is 0 Å². The predicted molar refractivity (Wildman–Crippen MR) is 61.8 cm³/mol. The van der Waals surface area contributed by atoms with Gasteiger partial charge in [-0.3, -0.25) is 9.59 Å². The Morgan fingerprint density at radius 2 is 2.22 bits per heavy atom. The van der Waals surface area contributed by atoms with Gasteiger partial charge in [-0.15, -0.1) is 0 Å². The molecule has 0 bridgehead atoms. The third-order valence-corrected chi connectivity index (χ3v) is 2.55. The first kappa shape index (κ1) is 12.0. The number of nitrogens with zero attached hydrogens (tertiary/aromatic N) is 2. The number of rotatable bonds is 4. The summed E-state index contributed by atoms with van der Waals surface area (Å²) in [5.41, 5.74) is 1.23. The highest BCUT2D eigenvalue weighted by Crippen LogP contribution is 2.25. The Bertz CT molecular complexity index is 617. The van der Waals surface area contributed by atoms with Crippen LogP contribution in [-0.4, -0.2) is 29.2 Å². The molecule has 92 valence electrons. The number of methoxy groups -OCH3 is 1. The Hall–Kier alpha value is -2.50. The minimum absolute atomic E-state index is 0.364. The molecule has 0 radical (unpaired) electrons. The van der Waals surface area contributed by atoms with Crippen molar-refractivity contribution in [3.63, 3.8) is 0 Å². The number of esters is 1. The summed E-state index contributed by atoms with van der Waals surface area (Å²) in [5.74, 6) is -2.23. The molecule has 18 heavy (non-hydrogen) atoms. The number of hydrogen-bond acceptors (Lipinski definition) is 6. The van der Waals surface area contributed by atoms with Crippen LogP contribution in [0.3, 0.4) is 0 Å². The molecule has 0 N–H and O–H groups in total. The van der Waals surface area contributed by atoms with Gasteiger partial charge in [-0.1, -0.05) is 18.7 Å². The van der Waals surface area contributed by atoms with Gasteiger partial charge in [-0.05, 0) is 22.5 Å². The van der Waals surface area contributed by atoms with Gasteiger partial charge in [0.15, 0.2) is 5.78 Å². The maximum absolute atomic E-state index is 11.8. The standard InChI is InChI=1S/C12H10N2O4/c1-3-9(15)10(12(16)17-2)7-5-4-6-8-11(7)14-18-13-8/h3-6,10H,1H2,2H3. The summed E-state index contributed by atoms with van der Waals surface area (Å²) in [4.78, 5) is 23.5. The lowest BCUT2D eigenvalue weighted by atomic mass is 9.93. The zero-order chi connectivity index (χ0) is 13.1.